The third-order valence-corrected chi connectivity index (χ3v) is 5.09. The predicted molar refractivity (Wildman–Crippen MR) is 121 cm³/mol. The topological polar surface area (TPSA) is 82.0 Å². The molecule has 1 atom stereocenters. The number of hydrogen-bond donors (Lipinski definition) is 3. The van der Waals surface area contributed by atoms with Crippen LogP contribution in [-0.2, 0) is 0 Å². The molecule has 1 fully saturated rings. The van der Waals surface area contributed by atoms with Gasteiger partial charge in [-0.1, -0.05) is 6.07 Å². The van der Waals surface area contributed by atoms with E-state index in [1.165, 1.54) is 24.3 Å². The number of nitrogens with one attached hydrogen (secondary N) is 2. The van der Waals surface area contributed by atoms with Crippen LogP contribution in [0.2, 0.25) is 0 Å². The van der Waals surface area contributed by atoms with Gasteiger partial charge in [0, 0.05) is 31.4 Å². The Labute approximate surface area is 183 Å². The first-order valence-electron chi connectivity index (χ1n) is 10.8. The Balaban J connectivity index is 1.45. The number of aromatic nitrogens is 1. The van der Waals surface area contributed by atoms with Crippen LogP contribution in [0.25, 0.3) is 0 Å². The summed E-state index contributed by atoms with van der Waals surface area (Å²) in [6, 6.07) is 12.2. The fourth-order valence-corrected chi connectivity index (χ4v) is 3.44. The molecule has 7 nitrogen and oxygen atoms in total. The molecular weight excluding hydrogens is 397 g/mol. The lowest BCUT2D eigenvalue weighted by Gasteiger charge is -2.34. The van der Waals surface area contributed by atoms with Crippen LogP contribution in [0.4, 0.5) is 10.2 Å². The number of piperidine rings is 1. The number of rotatable bonds is 8. The van der Waals surface area contributed by atoms with E-state index in [1.54, 1.807) is 0 Å². The van der Waals surface area contributed by atoms with Crippen LogP contribution in [0, 0.1) is 12.7 Å². The van der Waals surface area contributed by atoms with Gasteiger partial charge in [-0.15, -0.1) is 0 Å². The fourth-order valence-electron chi connectivity index (χ4n) is 3.44. The Kier molecular flexibility index (Phi) is 8.46. The first-order chi connectivity index (χ1) is 15.0. The van der Waals surface area contributed by atoms with E-state index in [0.29, 0.717) is 17.8 Å². The van der Waals surface area contributed by atoms with E-state index in [9.17, 15) is 9.50 Å². The molecule has 0 radical (unpaired) electrons. The van der Waals surface area contributed by atoms with Gasteiger partial charge in [0.15, 0.2) is 5.96 Å². The van der Waals surface area contributed by atoms with Crippen LogP contribution in [0.1, 0.15) is 25.5 Å². The second-order valence-electron chi connectivity index (χ2n) is 7.68. The number of aliphatic hydroxyl groups is 1. The van der Waals surface area contributed by atoms with Crippen LogP contribution in [0.3, 0.4) is 0 Å². The van der Waals surface area contributed by atoms with Crippen LogP contribution < -0.4 is 20.3 Å². The molecule has 3 N–H and O–H groups in total. The van der Waals surface area contributed by atoms with Crippen molar-refractivity contribution in [1.82, 2.24) is 15.6 Å². The SMILES string of the molecule is CCNC(=NCC(O)COc1ccc(F)cc1)NC1CCN(c2cccc(C)n2)CC1. The summed E-state index contributed by atoms with van der Waals surface area (Å²) < 4.78 is 18.4. The number of aryl methyl sites for hydroxylation is 1. The summed E-state index contributed by atoms with van der Waals surface area (Å²) in [5, 5.41) is 16.9. The summed E-state index contributed by atoms with van der Waals surface area (Å²) in [5.74, 6) is 1.92. The number of nitrogens with zero attached hydrogens (tertiary/aromatic N) is 3. The molecular formula is C23H32FN5O2. The summed E-state index contributed by atoms with van der Waals surface area (Å²) in [6.45, 7) is 6.93. The maximum Gasteiger partial charge on any atom is 0.191 e. The zero-order valence-electron chi connectivity index (χ0n) is 18.2. The maximum absolute atomic E-state index is 12.9. The molecule has 3 rings (SSSR count). The minimum absolute atomic E-state index is 0.0937. The molecule has 0 amide bonds. The molecule has 1 aromatic carbocycles. The average molecular weight is 430 g/mol. The Bertz CT molecular complexity index is 838. The van der Waals surface area contributed by atoms with Gasteiger partial charge in [0.1, 0.15) is 30.1 Å². The molecule has 1 unspecified atom stereocenters. The fraction of sp³-hybridized carbons (Fsp3) is 0.478. The minimum Gasteiger partial charge on any atom is -0.491 e. The van der Waals surface area contributed by atoms with Crippen molar-refractivity contribution in [3.8, 4) is 5.75 Å². The predicted octanol–water partition coefficient (Wildman–Crippen LogP) is 2.49. The molecule has 1 aromatic heterocycles. The molecule has 1 saturated heterocycles. The van der Waals surface area contributed by atoms with E-state index in [4.69, 9.17) is 4.74 Å². The Morgan fingerprint density at radius 3 is 2.68 bits per heavy atom. The first kappa shape index (κ1) is 22.8. The van der Waals surface area contributed by atoms with Crippen molar-refractivity contribution in [2.24, 2.45) is 4.99 Å². The molecule has 168 valence electrons. The molecule has 8 heteroatoms. The maximum atomic E-state index is 12.9. The van der Waals surface area contributed by atoms with Gasteiger partial charge in [0.05, 0.1) is 6.54 Å². The molecule has 0 aliphatic carbocycles. The summed E-state index contributed by atoms with van der Waals surface area (Å²) in [5.41, 5.74) is 1.03. The van der Waals surface area contributed by atoms with Crippen molar-refractivity contribution in [2.45, 2.75) is 38.8 Å². The van der Waals surface area contributed by atoms with Gasteiger partial charge in [0.2, 0.25) is 0 Å². The number of aliphatic imine (C=N–C) groups is 1. The second kappa shape index (κ2) is 11.5. The molecule has 2 aromatic rings. The number of halogens is 1. The van der Waals surface area contributed by atoms with Gasteiger partial charge in [0.25, 0.3) is 0 Å². The summed E-state index contributed by atoms with van der Waals surface area (Å²) >= 11 is 0. The number of pyridine rings is 1. The zero-order valence-corrected chi connectivity index (χ0v) is 18.2. The largest absolute Gasteiger partial charge is 0.491 e. The zero-order chi connectivity index (χ0) is 22.1. The summed E-state index contributed by atoms with van der Waals surface area (Å²) in [4.78, 5) is 11.4. The van der Waals surface area contributed by atoms with E-state index in [1.807, 2.05) is 26.0 Å². The quantitative estimate of drug-likeness (QED) is 0.442. The summed E-state index contributed by atoms with van der Waals surface area (Å²) in [6.07, 6.45) is 1.21. The lowest BCUT2D eigenvalue weighted by atomic mass is 10.1. The third-order valence-electron chi connectivity index (χ3n) is 5.09. The smallest absolute Gasteiger partial charge is 0.191 e. The van der Waals surface area contributed by atoms with Crippen molar-refractivity contribution in [2.75, 3.05) is 37.7 Å². The van der Waals surface area contributed by atoms with Crippen LogP contribution in [0.5, 0.6) is 5.75 Å². The van der Waals surface area contributed by atoms with Gasteiger partial charge >= 0.3 is 0 Å². The van der Waals surface area contributed by atoms with Crippen LogP contribution in [0.15, 0.2) is 47.5 Å². The van der Waals surface area contributed by atoms with Crippen molar-refractivity contribution in [3.05, 3.63) is 54.0 Å². The van der Waals surface area contributed by atoms with E-state index in [-0.39, 0.29) is 19.0 Å². The molecule has 2 heterocycles. The van der Waals surface area contributed by atoms with Gasteiger partial charge < -0.3 is 25.4 Å². The highest BCUT2D eigenvalue weighted by Gasteiger charge is 2.21. The van der Waals surface area contributed by atoms with Gasteiger partial charge in [-0.2, -0.15) is 0 Å². The highest BCUT2D eigenvalue weighted by Crippen LogP contribution is 2.18. The highest BCUT2D eigenvalue weighted by atomic mass is 19.1. The first-order valence-corrected chi connectivity index (χ1v) is 10.8. The Morgan fingerprint density at radius 2 is 2.00 bits per heavy atom. The number of benzene rings is 1. The van der Waals surface area contributed by atoms with Gasteiger partial charge in [-0.05, 0) is 63.1 Å². The van der Waals surface area contributed by atoms with Crippen molar-refractivity contribution >= 4 is 11.8 Å². The molecule has 1 aliphatic rings. The molecule has 0 spiro atoms. The lowest BCUT2D eigenvalue weighted by molar-refractivity contribution is 0.114. The number of aliphatic hydroxyl groups excluding tert-OH is 1. The highest BCUT2D eigenvalue weighted by molar-refractivity contribution is 5.80. The number of anilines is 1. The second-order valence-corrected chi connectivity index (χ2v) is 7.68. The molecule has 1 aliphatic heterocycles. The Hall–Kier alpha value is -2.87. The molecule has 0 bridgehead atoms. The summed E-state index contributed by atoms with van der Waals surface area (Å²) in [7, 11) is 0. The number of hydrogen-bond acceptors (Lipinski definition) is 5. The monoisotopic (exact) mass is 429 g/mol. The molecule has 0 saturated carbocycles. The van der Waals surface area contributed by atoms with Crippen molar-refractivity contribution in [3.63, 3.8) is 0 Å². The molecule has 31 heavy (non-hydrogen) atoms. The van der Waals surface area contributed by atoms with Crippen LogP contribution >= 0.6 is 0 Å². The number of ether oxygens (including phenoxy) is 1. The third kappa shape index (κ3) is 7.40. The standard InChI is InChI=1S/C23H32FN5O2/c1-3-25-23(26-15-20(30)16-31-21-9-7-18(24)8-10-21)28-19-11-13-29(14-12-19)22-6-4-5-17(2)27-22/h4-10,19-20,30H,3,11-16H2,1-2H3,(H2,25,26,28). The van der Waals surface area contributed by atoms with Crippen LogP contribution in [-0.4, -0.2) is 61.0 Å². The number of guanidine groups is 1. The van der Waals surface area contributed by atoms with Crippen molar-refractivity contribution in [1.29, 1.82) is 0 Å². The minimum atomic E-state index is -0.755. The average Bonchev–Trinajstić information content (AvgIpc) is 2.78. The van der Waals surface area contributed by atoms with E-state index < -0.39 is 6.10 Å². The van der Waals surface area contributed by atoms with E-state index >= 15 is 0 Å². The van der Waals surface area contributed by atoms with E-state index in [2.05, 4.69) is 31.6 Å². The van der Waals surface area contributed by atoms with E-state index in [0.717, 1.165) is 44.0 Å². The normalized spacial score (nSPS) is 16.1. The van der Waals surface area contributed by atoms with Gasteiger partial charge in [-0.3, -0.25) is 4.99 Å². The van der Waals surface area contributed by atoms with Crippen molar-refractivity contribution < 1.29 is 14.2 Å². The van der Waals surface area contributed by atoms with Gasteiger partial charge in [-0.25, -0.2) is 9.37 Å². The lowest BCUT2D eigenvalue weighted by Crippen LogP contribution is -2.49. The Morgan fingerprint density at radius 1 is 1.26 bits per heavy atom.